The third kappa shape index (κ3) is 7.43. The third-order valence-corrected chi connectivity index (χ3v) is 8.94. The molecule has 0 aliphatic carbocycles. The number of aromatic nitrogens is 2. The van der Waals surface area contributed by atoms with Gasteiger partial charge in [-0.05, 0) is 73.5 Å². The van der Waals surface area contributed by atoms with Gasteiger partial charge in [-0.15, -0.1) is 71.3 Å². The van der Waals surface area contributed by atoms with E-state index in [2.05, 4.69) is 124 Å². The van der Waals surface area contributed by atoms with Crippen molar-refractivity contribution in [3.05, 3.63) is 180 Å². The Balaban J connectivity index is 0.000000242. The number of nitrogens with zero attached hydrogens (tertiary/aromatic N) is 2. The van der Waals surface area contributed by atoms with E-state index in [1.165, 1.54) is 22.3 Å². The van der Waals surface area contributed by atoms with Gasteiger partial charge in [-0.25, -0.2) is 0 Å². The van der Waals surface area contributed by atoms with Crippen LogP contribution in [0.1, 0.15) is 22.3 Å². The van der Waals surface area contributed by atoms with Crippen LogP contribution >= 0.6 is 0 Å². The average Bonchev–Trinajstić information content (AvgIpc) is 3.49. The van der Waals surface area contributed by atoms with E-state index >= 15 is 0 Å². The van der Waals surface area contributed by atoms with E-state index < -0.39 is 0 Å². The van der Waals surface area contributed by atoms with Gasteiger partial charge in [0.2, 0.25) is 0 Å². The molecule has 3 aromatic heterocycles. The summed E-state index contributed by atoms with van der Waals surface area (Å²) in [5.41, 5.74) is 15.4. The summed E-state index contributed by atoms with van der Waals surface area (Å²) in [6.07, 6.45) is 3.87. The monoisotopic (exact) mass is 825 g/mol. The molecular formula is C46H36IrN2O-2. The van der Waals surface area contributed by atoms with Gasteiger partial charge < -0.3 is 14.4 Å². The number of aryl methyl sites for hydroxylation is 4. The summed E-state index contributed by atoms with van der Waals surface area (Å²) in [7, 11) is 0. The molecule has 8 aromatic rings. The number of furan rings is 1. The van der Waals surface area contributed by atoms with Gasteiger partial charge in [0.1, 0.15) is 11.3 Å². The second kappa shape index (κ2) is 15.4. The van der Waals surface area contributed by atoms with Crippen molar-refractivity contribution in [3.63, 3.8) is 0 Å². The molecule has 0 saturated carbocycles. The van der Waals surface area contributed by atoms with Crippen LogP contribution in [-0.2, 0) is 20.1 Å². The first-order valence-corrected chi connectivity index (χ1v) is 16.5. The minimum absolute atomic E-state index is 0. The van der Waals surface area contributed by atoms with E-state index in [9.17, 15) is 0 Å². The van der Waals surface area contributed by atoms with Crippen LogP contribution in [0, 0.1) is 39.8 Å². The van der Waals surface area contributed by atoms with Crippen molar-refractivity contribution in [3.8, 4) is 56.1 Å². The van der Waals surface area contributed by atoms with Gasteiger partial charge in [-0.3, -0.25) is 0 Å². The second-order valence-corrected chi connectivity index (χ2v) is 12.3. The summed E-state index contributed by atoms with van der Waals surface area (Å²) in [5, 5.41) is 1.14. The van der Waals surface area contributed by atoms with Crippen LogP contribution in [0.15, 0.2) is 150 Å². The van der Waals surface area contributed by atoms with Gasteiger partial charge in [-0.1, -0.05) is 84.4 Å². The number of hydrogen-bond donors (Lipinski definition) is 0. The summed E-state index contributed by atoms with van der Waals surface area (Å²) in [4.78, 5) is 9.15. The molecule has 0 saturated heterocycles. The van der Waals surface area contributed by atoms with Crippen LogP contribution < -0.4 is 0 Å². The molecule has 0 bridgehead atoms. The van der Waals surface area contributed by atoms with Gasteiger partial charge in [0.15, 0.2) is 0 Å². The Labute approximate surface area is 308 Å². The topological polar surface area (TPSA) is 38.9 Å². The van der Waals surface area contributed by atoms with Crippen molar-refractivity contribution in [2.24, 2.45) is 0 Å². The summed E-state index contributed by atoms with van der Waals surface area (Å²) in [6.45, 7) is 8.44. The first kappa shape index (κ1) is 34.5. The van der Waals surface area contributed by atoms with Gasteiger partial charge in [0, 0.05) is 54.6 Å². The number of pyridine rings is 2. The molecule has 0 atom stereocenters. The minimum atomic E-state index is 0. The SMILES string of the molecule is Cc1cc(-c2[c-]ccc(-c3ccc4oc(-c5ccccc5)c(C)c4c3)c2)ncc1-c1ccccc1.Cc1cnc(-c2[c-]cccc2)cc1C.[Ir]. The molecule has 1 radical (unpaired) electrons. The number of rotatable bonds is 5. The van der Waals surface area contributed by atoms with Crippen LogP contribution in [0.5, 0.6) is 0 Å². The Kier molecular flexibility index (Phi) is 10.6. The predicted octanol–water partition coefficient (Wildman–Crippen LogP) is 12.1. The van der Waals surface area contributed by atoms with E-state index in [4.69, 9.17) is 9.40 Å². The Morgan fingerprint density at radius 2 is 1.14 bits per heavy atom. The fraction of sp³-hybridized carbons (Fsp3) is 0.0870. The standard InChI is InChI=1S/C33H24NO.C13H12N.Ir/c1-22-18-31(34-21-30(22)24-10-5-3-6-11-24)28-15-9-14-26(19-28)27-16-17-32-29(20-27)23(2)33(35-32)25-12-7-4-8-13-25;1-10-8-13(14-9-11(10)2)12-6-4-3-5-7-12;/h3-14,16-21H,1-2H3;3-6,8-9H,1-2H3;/q2*-1;. The maximum atomic E-state index is 6.21. The molecular weight excluding hydrogens is 789 g/mol. The Morgan fingerprint density at radius 1 is 0.500 bits per heavy atom. The zero-order chi connectivity index (χ0) is 33.7. The zero-order valence-electron chi connectivity index (χ0n) is 28.5. The largest absolute Gasteiger partial charge is 0.456 e. The molecule has 0 N–H and O–H groups in total. The maximum Gasteiger partial charge on any atom is 0.138 e. The van der Waals surface area contributed by atoms with Crippen molar-refractivity contribution in [1.29, 1.82) is 0 Å². The van der Waals surface area contributed by atoms with Gasteiger partial charge in [0.25, 0.3) is 0 Å². The van der Waals surface area contributed by atoms with Crippen molar-refractivity contribution < 1.29 is 24.5 Å². The summed E-state index contributed by atoms with van der Waals surface area (Å²) in [6, 6.07) is 52.0. The molecule has 0 aliphatic heterocycles. The number of hydrogen-bond acceptors (Lipinski definition) is 3. The summed E-state index contributed by atoms with van der Waals surface area (Å²) in [5.74, 6) is 0.929. The van der Waals surface area contributed by atoms with Crippen molar-refractivity contribution in [2.45, 2.75) is 27.7 Å². The molecule has 0 spiro atoms. The van der Waals surface area contributed by atoms with E-state index in [1.54, 1.807) is 0 Å². The molecule has 3 nitrogen and oxygen atoms in total. The maximum absolute atomic E-state index is 6.21. The first-order chi connectivity index (χ1) is 23.9. The van der Waals surface area contributed by atoms with Crippen molar-refractivity contribution in [2.75, 3.05) is 0 Å². The van der Waals surface area contributed by atoms with Crippen molar-refractivity contribution >= 4 is 11.0 Å². The van der Waals surface area contributed by atoms with Crippen LogP contribution in [0.4, 0.5) is 0 Å². The molecule has 3 heterocycles. The molecule has 5 aromatic carbocycles. The Bertz CT molecular complexity index is 2360. The molecule has 4 heteroatoms. The predicted molar refractivity (Wildman–Crippen MR) is 202 cm³/mol. The quantitative estimate of drug-likeness (QED) is 0.162. The van der Waals surface area contributed by atoms with E-state index in [0.29, 0.717) is 0 Å². The van der Waals surface area contributed by atoms with Crippen LogP contribution in [0.25, 0.3) is 67.1 Å². The smallest absolute Gasteiger partial charge is 0.138 e. The third-order valence-electron chi connectivity index (χ3n) is 8.94. The Morgan fingerprint density at radius 3 is 1.84 bits per heavy atom. The van der Waals surface area contributed by atoms with E-state index in [-0.39, 0.29) is 20.1 Å². The van der Waals surface area contributed by atoms with Crippen LogP contribution in [-0.4, -0.2) is 9.97 Å². The Hall–Kier alpha value is -5.41. The molecule has 50 heavy (non-hydrogen) atoms. The number of benzene rings is 5. The van der Waals surface area contributed by atoms with Crippen molar-refractivity contribution in [1.82, 2.24) is 9.97 Å². The zero-order valence-corrected chi connectivity index (χ0v) is 30.9. The molecule has 0 amide bonds. The van der Waals surface area contributed by atoms with E-state index in [1.807, 2.05) is 67.0 Å². The fourth-order valence-corrected chi connectivity index (χ4v) is 6.01. The molecule has 247 valence electrons. The molecule has 0 aliphatic rings. The molecule has 0 unspecified atom stereocenters. The first-order valence-electron chi connectivity index (χ1n) is 16.5. The van der Waals surface area contributed by atoms with E-state index in [0.717, 1.165) is 67.1 Å². The van der Waals surface area contributed by atoms with Crippen LogP contribution in [0.3, 0.4) is 0 Å². The second-order valence-electron chi connectivity index (χ2n) is 12.3. The molecule has 0 fully saturated rings. The van der Waals surface area contributed by atoms with Gasteiger partial charge in [0.05, 0.1) is 0 Å². The normalized spacial score (nSPS) is 10.6. The van der Waals surface area contributed by atoms with Gasteiger partial charge >= 0.3 is 0 Å². The number of fused-ring (bicyclic) bond motifs is 1. The minimum Gasteiger partial charge on any atom is -0.456 e. The summed E-state index contributed by atoms with van der Waals surface area (Å²) >= 11 is 0. The van der Waals surface area contributed by atoms with Gasteiger partial charge in [-0.2, -0.15) is 0 Å². The fourth-order valence-electron chi connectivity index (χ4n) is 6.01. The average molecular weight is 825 g/mol. The molecule has 8 rings (SSSR count). The van der Waals surface area contributed by atoms with Crippen LogP contribution in [0.2, 0.25) is 0 Å². The summed E-state index contributed by atoms with van der Waals surface area (Å²) < 4.78 is 6.21.